The van der Waals surface area contributed by atoms with Gasteiger partial charge >= 0.3 is 5.88 Å². The largest absolute Gasteiger partial charge is 0.433 e. The molecule has 0 saturated carbocycles. The van der Waals surface area contributed by atoms with E-state index in [1.54, 1.807) is 0 Å². The van der Waals surface area contributed by atoms with Gasteiger partial charge in [0.1, 0.15) is 4.92 Å². The third kappa shape index (κ3) is 4.14. The van der Waals surface area contributed by atoms with Gasteiger partial charge in [0.2, 0.25) is 0 Å². The third-order valence-corrected chi connectivity index (χ3v) is 2.64. The second-order valence-electron chi connectivity index (χ2n) is 4.11. The molecule has 0 bridgehead atoms. The van der Waals surface area contributed by atoms with Crippen molar-refractivity contribution in [2.45, 2.75) is 0 Å². The number of carbonyl (C=O) groups excluding carboxylic acids is 1. The summed E-state index contributed by atoms with van der Waals surface area (Å²) in [7, 11) is 0. The molecule has 1 aromatic rings. The van der Waals surface area contributed by atoms with E-state index >= 15 is 0 Å². The molecule has 20 heavy (non-hydrogen) atoms. The Morgan fingerprint density at radius 2 is 2.25 bits per heavy atom. The second-order valence-corrected chi connectivity index (χ2v) is 4.11. The van der Waals surface area contributed by atoms with Gasteiger partial charge in [-0.3, -0.25) is 19.8 Å². The molecule has 1 amide bonds. The van der Waals surface area contributed by atoms with Crippen LogP contribution in [0.2, 0.25) is 0 Å². The zero-order chi connectivity index (χ0) is 14.4. The van der Waals surface area contributed by atoms with Crippen molar-refractivity contribution >= 4 is 18.0 Å². The van der Waals surface area contributed by atoms with E-state index in [4.69, 9.17) is 9.15 Å². The molecular weight excluding hydrogens is 268 g/mol. The number of nitro groups is 1. The molecule has 9 nitrogen and oxygen atoms in total. The van der Waals surface area contributed by atoms with Crippen LogP contribution in [0.4, 0.5) is 5.88 Å². The fourth-order valence-electron chi connectivity index (χ4n) is 1.68. The number of morpholine rings is 1. The van der Waals surface area contributed by atoms with Gasteiger partial charge in [-0.2, -0.15) is 5.10 Å². The Bertz CT molecular complexity index is 507. The zero-order valence-corrected chi connectivity index (χ0v) is 10.7. The highest BCUT2D eigenvalue weighted by Crippen LogP contribution is 2.13. The number of furan rings is 1. The second kappa shape index (κ2) is 6.78. The quantitative estimate of drug-likeness (QED) is 0.461. The van der Waals surface area contributed by atoms with Crippen molar-refractivity contribution in [1.29, 1.82) is 0 Å². The van der Waals surface area contributed by atoms with Crippen molar-refractivity contribution < 1.29 is 18.9 Å². The van der Waals surface area contributed by atoms with Crippen LogP contribution < -0.4 is 5.43 Å². The van der Waals surface area contributed by atoms with Gasteiger partial charge in [0.25, 0.3) is 5.91 Å². The van der Waals surface area contributed by atoms with Crippen molar-refractivity contribution in [2.24, 2.45) is 5.10 Å². The summed E-state index contributed by atoms with van der Waals surface area (Å²) in [6.07, 6.45) is 1.21. The predicted octanol–water partition coefficient (Wildman–Crippen LogP) is -0.0299. The number of ether oxygens (including phenoxy) is 1. The van der Waals surface area contributed by atoms with Crippen LogP contribution in [0.3, 0.4) is 0 Å². The monoisotopic (exact) mass is 282 g/mol. The Hall–Kier alpha value is -2.26. The molecule has 9 heteroatoms. The normalized spacial score (nSPS) is 16.4. The molecule has 0 radical (unpaired) electrons. The Morgan fingerprint density at radius 3 is 2.90 bits per heavy atom. The third-order valence-electron chi connectivity index (χ3n) is 2.64. The van der Waals surface area contributed by atoms with Gasteiger partial charge in [-0.05, 0) is 6.07 Å². The van der Waals surface area contributed by atoms with Gasteiger partial charge in [-0.15, -0.1) is 0 Å². The molecule has 1 N–H and O–H groups in total. The van der Waals surface area contributed by atoms with E-state index in [2.05, 4.69) is 10.5 Å². The lowest BCUT2D eigenvalue weighted by Crippen LogP contribution is -2.42. The van der Waals surface area contributed by atoms with Crippen LogP contribution in [-0.4, -0.2) is 54.8 Å². The van der Waals surface area contributed by atoms with Crippen molar-refractivity contribution in [3.63, 3.8) is 0 Å². The number of amides is 1. The molecule has 1 aliphatic heterocycles. The summed E-state index contributed by atoms with van der Waals surface area (Å²) >= 11 is 0. The minimum absolute atomic E-state index is 0.198. The van der Waals surface area contributed by atoms with Crippen LogP contribution in [-0.2, 0) is 9.53 Å². The first-order chi connectivity index (χ1) is 9.65. The molecule has 2 rings (SSSR count). The molecule has 1 aliphatic rings. The average molecular weight is 282 g/mol. The highest BCUT2D eigenvalue weighted by Gasteiger charge is 2.13. The lowest BCUT2D eigenvalue weighted by Gasteiger charge is -2.25. The number of nitrogens with zero attached hydrogens (tertiary/aromatic N) is 3. The summed E-state index contributed by atoms with van der Waals surface area (Å²) in [6.45, 7) is 2.89. The molecule has 1 fully saturated rings. The minimum atomic E-state index is -0.644. The Morgan fingerprint density at radius 1 is 1.50 bits per heavy atom. The highest BCUT2D eigenvalue weighted by molar-refractivity contribution is 5.81. The van der Waals surface area contributed by atoms with Gasteiger partial charge < -0.3 is 9.15 Å². The molecule has 1 saturated heterocycles. The van der Waals surface area contributed by atoms with E-state index in [-0.39, 0.29) is 24.1 Å². The van der Waals surface area contributed by atoms with Crippen LogP contribution in [0.15, 0.2) is 21.7 Å². The Labute approximate surface area is 114 Å². The van der Waals surface area contributed by atoms with Crippen LogP contribution >= 0.6 is 0 Å². The smallest absolute Gasteiger partial charge is 0.400 e. The van der Waals surface area contributed by atoms with Gasteiger partial charge in [0.05, 0.1) is 32.0 Å². The molecular formula is C11H14N4O5. The summed E-state index contributed by atoms with van der Waals surface area (Å²) < 4.78 is 10.0. The SMILES string of the molecule is O=C(CN1CCOCC1)N/N=C\c1ccc([N+](=O)[O-])o1. The van der Waals surface area contributed by atoms with Crippen LogP contribution in [0.25, 0.3) is 0 Å². The van der Waals surface area contributed by atoms with E-state index in [1.165, 1.54) is 18.3 Å². The maximum atomic E-state index is 11.6. The van der Waals surface area contributed by atoms with Gasteiger partial charge in [-0.25, -0.2) is 5.43 Å². The maximum absolute atomic E-state index is 11.6. The minimum Gasteiger partial charge on any atom is -0.400 e. The molecule has 0 atom stereocenters. The molecule has 0 aromatic carbocycles. The van der Waals surface area contributed by atoms with Gasteiger partial charge in [0, 0.05) is 13.1 Å². The summed E-state index contributed by atoms with van der Waals surface area (Å²) in [5.74, 6) is -0.432. The average Bonchev–Trinajstić information content (AvgIpc) is 2.89. The summed E-state index contributed by atoms with van der Waals surface area (Å²) in [4.78, 5) is 23.3. The van der Waals surface area contributed by atoms with Crippen LogP contribution in [0.1, 0.15) is 5.76 Å². The lowest BCUT2D eigenvalue weighted by molar-refractivity contribution is -0.402. The number of carbonyl (C=O) groups is 1. The zero-order valence-electron chi connectivity index (χ0n) is 10.7. The first-order valence-corrected chi connectivity index (χ1v) is 6.01. The lowest BCUT2D eigenvalue weighted by atomic mass is 10.4. The van der Waals surface area contributed by atoms with Crippen LogP contribution in [0, 0.1) is 10.1 Å². The fourth-order valence-corrected chi connectivity index (χ4v) is 1.68. The van der Waals surface area contributed by atoms with Crippen LogP contribution in [0.5, 0.6) is 0 Å². The number of nitrogens with one attached hydrogen (secondary N) is 1. The summed E-state index contributed by atoms with van der Waals surface area (Å²) in [6, 6.07) is 2.62. The van der Waals surface area contributed by atoms with E-state index < -0.39 is 4.92 Å². The number of hydrogen-bond donors (Lipinski definition) is 1. The van der Waals surface area contributed by atoms with Crippen molar-refractivity contribution in [1.82, 2.24) is 10.3 Å². The van der Waals surface area contributed by atoms with E-state index in [0.29, 0.717) is 26.3 Å². The Kier molecular flexibility index (Phi) is 4.80. The first-order valence-electron chi connectivity index (χ1n) is 6.01. The predicted molar refractivity (Wildman–Crippen MR) is 68.4 cm³/mol. The Balaban J connectivity index is 1.76. The highest BCUT2D eigenvalue weighted by atomic mass is 16.6. The van der Waals surface area contributed by atoms with E-state index in [9.17, 15) is 14.9 Å². The molecule has 108 valence electrons. The number of hydrogen-bond acceptors (Lipinski definition) is 7. The fraction of sp³-hybridized carbons (Fsp3) is 0.455. The topological polar surface area (TPSA) is 110 Å². The van der Waals surface area contributed by atoms with Crippen molar-refractivity contribution in [3.05, 3.63) is 28.0 Å². The van der Waals surface area contributed by atoms with Crippen molar-refractivity contribution in [2.75, 3.05) is 32.8 Å². The maximum Gasteiger partial charge on any atom is 0.433 e. The molecule has 0 aliphatic carbocycles. The molecule has 0 unspecified atom stereocenters. The first kappa shape index (κ1) is 14.2. The van der Waals surface area contributed by atoms with E-state index in [1.807, 2.05) is 4.90 Å². The summed E-state index contributed by atoms with van der Waals surface area (Å²) in [5, 5.41) is 14.1. The van der Waals surface area contributed by atoms with Crippen molar-refractivity contribution in [3.8, 4) is 0 Å². The summed E-state index contributed by atoms with van der Waals surface area (Å²) in [5.41, 5.74) is 2.34. The standard InChI is InChI=1S/C11H14N4O5/c16-10(8-14-3-5-19-6-4-14)13-12-7-9-1-2-11(20-9)15(17)18/h1-2,7H,3-6,8H2,(H,13,16)/b12-7-. The number of rotatable bonds is 5. The van der Waals surface area contributed by atoms with E-state index in [0.717, 1.165) is 0 Å². The van der Waals surface area contributed by atoms with Gasteiger partial charge in [0.15, 0.2) is 5.76 Å². The van der Waals surface area contributed by atoms with Gasteiger partial charge in [-0.1, -0.05) is 0 Å². The number of hydrazone groups is 1. The molecule has 1 aromatic heterocycles. The molecule has 2 heterocycles. The molecule has 0 spiro atoms.